The van der Waals surface area contributed by atoms with E-state index in [1.54, 1.807) is 0 Å². The molecule has 7 rings (SSSR count). The summed E-state index contributed by atoms with van der Waals surface area (Å²) in [6.07, 6.45) is 5.34. The van der Waals surface area contributed by atoms with Gasteiger partial charge in [0.05, 0.1) is 36.1 Å². The molecule has 2 saturated heterocycles. The van der Waals surface area contributed by atoms with Crippen LogP contribution in [0.1, 0.15) is 71.4 Å². The monoisotopic (exact) mass is 516 g/mol. The molecule has 38 heavy (non-hydrogen) atoms. The van der Waals surface area contributed by atoms with E-state index in [2.05, 4.69) is 29.4 Å². The highest BCUT2D eigenvalue weighted by molar-refractivity contribution is 5.97. The van der Waals surface area contributed by atoms with E-state index in [0.717, 1.165) is 60.8 Å². The van der Waals surface area contributed by atoms with Crippen LogP contribution in [-0.2, 0) is 4.74 Å². The number of likely N-dealkylation sites (N-methyl/N-ethyl adjacent to an activating group) is 1. The number of carbonyl (C=O) groups excluding carboxylic acids is 1. The molecule has 3 fully saturated rings. The van der Waals surface area contributed by atoms with Crippen molar-refractivity contribution in [3.05, 3.63) is 52.8 Å². The number of fused-ring (bicyclic) bond motifs is 4. The van der Waals surface area contributed by atoms with Gasteiger partial charge < -0.3 is 24.6 Å². The highest BCUT2D eigenvalue weighted by Gasteiger charge is 2.40. The number of ether oxygens (including phenoxy) is 2. The molecule has 9 heteroatoms. The van der Waals surface area contributed by atoms with Crippen LogP contribution >= 0.6 is 0 Å². The van der Waals surface area contributed by atoms with Gasteiger partial charge in [-0.3, -0.25) is 4.79 Å². The average Bonchev–Trinajstić information content (AvgIpc) is 3.67. The number of nitrogens with zero attached hydrogens (tertiary/aromatic N) is 5. The Morgan fingerprint density at radius 3 is 2.68 bits per heavy atom. The Morgan fingerprint density at radius 2 is 1.89 bits per heavy atom. The van der Waals surface area contributed by atoms with Crippen molar-refractivity contribution in [2.75, 3.05) is 51.4 Å². The largest absolute Gasteiger partial charge is 0.491 e. The number of hydrogen-bond donors (Lipinski definition) is 1. The second-order valence-corrected chi connectivity index (χ2v) is 11.6. The number of aromatic nitrogens is 3. The van der Waals surface area contributed by atoms with Crippen LogP contribution in [0.4, 0.5) is 5.82 Å². The highest BCUT2D eigenvalue weighted by atomic mass is 16.5. The Bertz CT molecular complexity index is 1380. The molecule has 1 aromatic carbocycles. The lowest BCUT2D eigenvalue weighted by molar-refractivity contribution is -0.0922. The minimum absolute atomic E-state index is 0.00777. The third-order valence-corrected chi connectivity index (χ3v) is 8.51. The molecule has 0 radical (unpaired) electrons. The second kappa shape index (κ2) is 9.24. The molecule has 2 bridgehead atoms. The van der Waals surface area contributed by atoms with E-state index in [1.165, 1.54) is 12.8 Å². The topological polar surface area (TPSA) is 84.2 Å². The number of aryl methyl sites for hydroxylation is 1. The van der Waals surface area contributed by atoms with E-state index in [-0.39, 0.29) is 17.5 Å². The number of nitrogens with one attached hydrogen (secondary N) is 1. The van der Waals surface area contributed by atoms with Gasteiger partial charge in [-0.05, 0) is 51.2 Å². The maximum atomic E-state index is 14.1. The van der Waals surface area contributed by atoms with Crippen LogP contribution in [0.5, 0.6) is 5.75 Å². The van der Waals surface area contributed by atoms with Gasteiger partial charge in [-0.25, -0.2) is 4.98 Å². The number of amides is 1. The van der Waals surface area contributed by atoms with Crippen molar-refractivity contribution in [3.63, 3.8) is 0 Å². The Kier molecular flexibility index (Phi) is 5.81. The SMILES string of the molecule is Cc1ccc2c(c1)C(=O)N1CCCCC1c1cc3nc(C4CC4)cc(n3n1)N(C)CCNC1(COC1)CO2. The van der Waals surface area contributed by atoms with E-state index in [1.807, 2.05) is 34.5 Å². The van der Waals surface area contributed by atoms with Gasteiger partial charge in [-0.15, -0.1) is 0 Å². The molecule has 1 N–H and O–H groups in total. The first kappa shape index (κ1) is 23.9. The molecule has 1 atom stereocenters. The number of anilines is 1. The van der Waals surface area contributed by atoms with Crippen LogP contribution in [0, 0.1) is 6.92 Å². The summed E-state index contributed by atoms with van der Waals surface area (Å²) in [4.78, 5) is 23.4. The zero-order valence-electron chi connectivity index (χ0n) is 22.3. The van der Waals surface area contributed by atoms with E-state index < -0.39 is 0 Å². The lowest BCUT2D eigenvalue weighted by Gasteiger charge is -2.42. The average molecular weight is 517 g/mol. The highest BCUT2D eigenvalue weighted by Crippen LogP contribution is 2.41. The molecule has 9 nitrogen and oxygen atoms in total. The second-order valence-electron chi connectivity index (χ2n) is 11.6. The van der Waals surface area contributed by atoms with Crippen LogP contribution in [0.3, 0.4) is 0 Å². The molecular weight excluding hydrogens is 480 g/mol. The van der Waals surface area contributed by atoms with E-state index >= 15 is 0 Å². The number of hydrogen-bond acceptors (Lipinski definition) is 7. The summed E-state index contributed by atoms with van der Waals surface area (Å²) in [5.41, 5.74) is 4.33. The molecule has 1 aliphatic carbocycles. The van der Waals surface area contributed by atoms with Gasteiger partial charge in [0.1, 0.15) is 18.2 Å². The van der Waals surface area contributed by atoms with Crippen molar-refractivity contribution in [1.29, 1.82) is 0 Å². The van der Waals surface area contributed by atoms with E-state index in [4.69, 9.17) is 19.6 Å². The van der Waals surface area contributed by atoms with Crippen LogP contribution in [0.2, 0.25) is 0 Å². The normalized spacial score (nSPS) is 23.7. The van der Waals surface area contributed by atoms with Crippen LogP contribution in [0.15, 0.2) is 30.3 Å². The predicted molar refractivity (Wildman–Crippen MR) is 144 cm³/mol. The van der Waals surface area contributed by atoms with Gasteiger partial charge in [0.15, 0.2) is 5.65 Å². The first-order valence-corrected chi connectivity index (χ1v) is 14.0. The number of carbonyl (C=O) groups is 1. The smallest absolute Gasteiger partial charge is 0.258 e. The van der Waals surface area contributed by atoms with Gasteiger partial charge in [0, 0.05) is 50.4 Å². The van der Waals surface area contributed by atoms with Crippen molar-refractivity contribution >= 4 is 17.4 Å². The van der Waals surface area contributed by atoms with Crippen molar-refractivity contribution in [2.45, 2.75) is 56.5 Å². The summed E-state index contributed by atoms with van der Waals surface area (Å²) in [5, 5.41) is 8.78. The minimum atomic E-state index is -0.262. The van der Waals surface area contributed by atoms with Gasteiger partial charge >= 0.3 is 0 Å². The Morgan fingerprint density at radius 1 is 1.03 bits per heavy atom. The quantitative estimate of drug-likeness (QED) is 0.530. The molecule has 1 unspecified atom stereocenters. The fourth-order valence-electron chi connectivity index (χ4n) is 6.00. The molecule has 1 amide bonds. The van der Waals surface area contributed by atoms with E-state index in [0.29, 0.717) is 43.6 Å². The molecule has 1 spiro atoms. The summed E-state index contributed by atoms with van der Waals surface area (Å²) in [5.74, 6) is 2.23. The Hall–Kier alpha value is -3.17. The van der Waals surface area contributed by atoms with Crippen LogP contribution in [0.25, 0.3) is 5.65 Å². The third-order valence-electron chi connectivity index (χ3n) is 8.51. The lowest BCUT2D eigenvalue weighted by atomic mass is 9.97. The van der Waals surface area contributed by atoms with Gasteiger partial charge in [-0.1, -0.05) is 11.6 Å². The molecule has 3 aromatic rings. The third kappa shape index (κ3) is 4.22. The van der Waals surface area contributed by atoms with Crippen LogP contribution in [-0.4, -0.2) is 77.4 Å². The fourth-order valence-corrected chi connectivity index (χ4v) is 6.00. The number of benzene rings is 1. The Labute approximate surface area is 223 Å². The van der Waals surface area contributed by atoms with Crippen molar-refractivity contribution < 1.29 is 14.3 Å². The van der Waals surface area contributed by atoms with Gasteiger partial charge in [0.2, 0.25) is 0 Å². The first-order valence-electron chi connectivity index (χ1n) is 14.0. The predicted octanol–water partition coefficient (Wildman–Crippen LogP) is 3.47. The van der Waals surface area contributed by atoms with Crippen molar-refractivity contribution in [3.8, 4) is 5.75 Å². The molecule has 200 valence electrons. The number of piperidine rings is 1. The summed E-state index contributed by atoms with van der Waals surface area (Å²) in [6, 6.07) is 10.1. The Balaban J connectivity index is 1.35. The fraction of sp³-hybridized carbons (Fsp3) is 0.552. The molecule has 5 heterocycles. The molecular formula is C29H36N6O3. The molecule has 1 saturated carbocycles. The molecule has 3 aliphatic heterocycles. The zero-order valence-corrected chi connectivity index (χ0v) is 22.3. The molecule has 4 aliphatic rings. The van der Waals surface area contributed by atoms with Crippen molar-refractivity contribution in [2.24, 2.45) is 0 Å². The lowest BCUT2D eigenvalue weighted by Crippen LogP contribution is -2.64. The molecule has 2 aromatic heterocycles. The summed E-state index contributed by atoms with van der Waals surface area (Å²) in [6.45, 7) is 5.95. The van der Waals surface area contributed by atoms with Crippen molar-refractivity contribution in [1.82, 2.24) is 24.8 Å². The maximum Gasteiger partial charge on any atom is 0.258 e. The first-order chi connectivity index (χ1) is 18.5. The van der Waals surface area contributed by atoms with Gasteiger partial charge in [-0.2, -0.15) is 9.61 Å². The maximum absolute atomic E-state index is 14.1. The minimum Gasteiger partial charge on any atom is -0.491 e. The standard InChI is InChI=1S/C29H36N6O3/c1-19-6-9-25-21(13-19)28(36)34-11-4-3-5-24(34)23-14-26-31-22(20-7-8-20)15-27(35(26)32-23)33(2)12-10-30-29(18-38-25)16-37-17-29/h6,9,13-15,20,24,30H,3-5,7-8,10-12,16-18H2,1-2H3. The summed E-state index contributed by atoms with van der Waals surface area (Å²) in [7, 11) is 2.12. The summed E-state index contributed by atoms with van der Waals surface area (Å²) < 4.78 is 14.0. The summed E-state index contributed by atoms with van der Waals surface area (Å²) >= 11 is 0. The van der Waals surface area contributed by atoms with Gasteiger partial charge in [0.25, 0.3) is 5.91 Å². The number of rotatable bonds is 1. The van der Waals surface area contributed by atoms with Crippen LogP contribution < -0.4 is 15.0 Å². The zero-order chi connectivity index (χ0) is 25.9. The van der Waals surface area contributed by atoms with E-state index in [9.17, 15) is 4.79 Å².